The van der Waals surface area contributed by atoms with Gasteiger partial charge in [0.05, 0.1) is 19.8 Å². The monoisotopic (exact) mass is 311 g/mol. The van der Waals surface area contributed by atoms with E-state index in [0.29, 0.717) is 0 Å². The Hall–Kier alpha value is -0.910. The molecule has 1 aromatic rings. The number of hydrogen-bond acceptors (Lipinski definition) is 5. The zero-order valence-corrected chi connectivity index (χ0v) is 14.1. The van der Waals surface area contributed by atoms with Crippen LogP contribution in [0.1, 0.15) is 25.3 Å². The van der Waals surface area contributed by atoms with Gasteiger partial charge in [-0.15, -0.1) is 11.8 Å². The highest BCUT2D eigenvalue weighted by Gasteiger charge is 2.29. The van der Waals surface area contributed by atoms with Gasteiger partial charge in [0, 0.05) is 24.6 Å². The second-order valence-corrected chi connectivity index (χ2v) is 6.37. The third kappa shape index (κ3) is 4.05. The molecule has 1 heterocycles. The first kappa shape index (κ1) is 16.5. The van der Waals surface area contributed by atoms with Gasteiger partial charge in [0.15, 0.2) is 11.5 Å². The van der Waals surface area contributed by atoms with E-state index in [4.69, 9.17) is 14.2 Å². The van der Waals surface area contributed by atoms with Crippen molar-refractivity contribution in [1.82, 2.24) is 5.32 Å². The van der Waals surface area contributed by atoms with E-state index in [9.17, 15) is 0 Å². The van der Waals surface area contributed by atoms with Crippen LogP contribution < -0.4 is 14.8 Å². The van der Waals surface area contributed by atoms with Gasteiger partial charge in [-0.05, 0) is 43.7 Å². The summed E-state index contributed by atoms with van der Waals surface area (Å²) in [6.07, 6.45) is 4.36. The average Bonchev–Trinajstić information content (AvgIpc) is 2.93. The lowest BCUT2D eigenvalue weighted by atomic mass is 10.0. The van der Waals surface area contributed by atoms with E-state index in [-0.39, 0.29) is 5.60 Å². The molecule has 0 bridgehead atoms. The fourth-order valence-electron chi connectivity index (χ4n) is 2.67. The molecule has 2 rings (SSSR count). The highest BCUT2D eigenvalue weighted by Crippen LogP contribution is 2.34. The zero-order chi connectivity index (χ0) is 15.3. The summed E-state index contributed by atoms with van der Waals surface area (Å²) < 4.78 is 16.5. The van der Waals surface area contributed by atoms with Gasteiger partial charge in [-0.25, -0.2) is 0 Å². The maximum atomic E-state index is 5.80. The Morgan fingerprint density at radius 3 is 2.57 bits per heavy atom. The number of hydrogen-bond donors (Lipinski definition) is 1. The molecule has 4 nitrogen and oxygen atoms in total. The summed E-state index contributed by atoms with van der Waals surface area (Å²) >= 11 is 1.72. The van der Waals surface area contributed by atoms with Crippen molar-refractivity contribution >= 4 is 11.8 Å². The molecule has 0 aromatic heterocycles. The quantitative estimate of drug-likeness (QED) is 0.784. The zero-order valence-electron chi connectivity index (χ0n) is 13.3. The summed E-state index contributed by atoms with van der Waals surface area (Å²) in [6.45, 7) is 4.73. The third-order valence-electron chi connectivity index (χ3n) is 3.90. The molecule has 0 aliphatic carbocycles. The lowest BCUT2D eigenvalue weighted by molar-refractivity contribution is 0.0206. The summed E-state index contributed by atoms with van der Waals surface area (Å²) in [6, 6.07) is 4.09. The second kappa shape index (κ2) is 7.38. The van der Waals surface area contributed by atoms with Crippen molar-refractivity contribution < 1.29 is 14.2 Å². The number of thioether (sulfide) groups is 1. The maximum absolute atomic E-state index is 5.80. The van der Waals surface area contributed by atoms with Crippen molar-refractivity contribution in [2.45, 2.75) is 36.8 Å². The Kier molecular flexibility index (Phi) is 5.79. The minimum absolute atomic E-state index is 0.0178. The molecule has 1 aliphatic heterocycles. The number of ether oxygens (including phenoxy) is 3. The Labute approximate surface area is 131 Å². The molecule has 0 radical (unpaired) electrons. The predicted octanol–water partition coefficient (Wildman–Crippen LogP) is 3.08. The number of benzene rings is 1. The smallest absolute Gasteiger partial charge is 0.161 e. The van der Waals surface area contributed by atoms with Crippen molar-refractivity contribution in [1.29, 1.82) is 0 Å². The van der Waals surface area contributed by atoms with Gasteiger partial charge in [-0.1, -0.05) is 0 Å². The minimum Gasteiger partial charge on any atom is -0.493 e. The van der Waals surface area contributed by atoms with Crippen LogP contribution in [0.4, 0.5) is 0 Å². The van der Waals surface area contributed by atoms with Gasteiger partial charge in [-0.2, -0.15) is 0 Å². The number of rotatable bonds is 7. The topological polar surface area (TPSA) is 39.7 Å². The molecule has 0 amide bonds. The minimum atomic E-state index is -0.0178. The Balaban J connectivity index is 2.04. The Bertz CT molecular complexity index is 473. The van der Waals surface area contributed by atoms with Gasteiger partial charge in [0.1, 0.15) is 0 Å². The van der Waals surface area contributed by atoms with Crippen LogP contribution in [-0.2, 0) is 11.3 Å². The van der Waals surface area contributed by atoms with Crippen LogP contribution in [-0.4, -0.2) is 39.2 Å². The van der Waals surface area contributed by atoms with E-state index < -0.39 is 0 Å². The van der Waals surface area contributed by atoms with Crippen LogP contribution >= 0.6 is 11.8 Å². The maximum Gasteiger partial charge on any atom is 0.161 e. The van der Waals surface area contributed by atoms with Gasteiger partial charge < -0.3 is 19.5 Å². The molecule has 1 aliphatic rings. The van der Waals surface area contributed by atoms with Crippen LogP contribution in [0.15, 0.2) is 17.0 Å². The highest BCUT2D eigenvalue weighted by molar-refractivity contribution is 7.98. The molecule has 1 N–H and O–H groups in total. The van der Waals surface area contributed by atoms with E-state index in [1.165, 1.54) is 10.5 Å². The molecule has 0 spiro atoms. The van der Waals surface area contributed by atoms with Crippen LogP contribution in [0.2, 0.25) is 0 Å². The summed E-state index contributed by atoms with van der Waals surface area (Å²) in [5.41, 5.74) is 1.21. The third-order valence-corrected chi connectivity index (χ3v) is 4.72. The van der Waals surface area contributed by atoms with Crippen LogP contribution in [0.5, 0.6) is 11.5 Å². The number of nitrogens with one attached hydrogen (secondary N) is 1. The second-order valence-electron chi connectivity index (χ2n) is 5.52. The lowest BCUT2D eigenvalue weighted by Gasteiger charge is -2.24. The number of methoxy groups -OCH3 is 2. The van der Waals surface area contributed by atoms with E-state index in [1.54, 1.807) is 26.0 Å². The fraction of sp³-hybridized carbons (Fsp3) is 0.625. The molecule has 1 unspecified atom stereocenters. The molecule has 1 aromatic carbocycles. The summed E-state index contributed by atoms with van der Waals surface area (Å²) in [4.78, 5) is 1.21. The Morgan fingerprint density at radius 2 is 2.00 bits per heavy atom. The van der Waals surface area contributed by atoms with E-state index in [0.717, 1.165) is 44.0 Å². The fourth-order valence-corrected chi connectivity index (χ4v) is 3.29. The van der Waals surface area contributed by atoms with Crippen LogP contribution in [0.25, 0.3) is 0 Å². The molecule has 118 valence electrons. The van der Waals surface area contributed by atoms with Gasteiger partial charge in [-0.3, -0.25) is 0 Å². The molecule has 5 heteroatoms. The first-order valence-electron chi connectivity index (χ1n) is 7.25. The van der Waals surface area contributed by atoms with Crippen molar-refractivity contribution in [3.8, 4) is 11.5 Å². The molecule has 1 saturated heterocycles. The SMILES string of the molecule is COc1cc(CNCC2(C)CCCO2)c(SC)cc1OC. The average molecular weight is 311 g/mol. The van der Waals surface area contributed by atoms with E-state index in [2.05, 4.69) is 24.6 Å². The van der Waals surface area contributed by atoms with Crippen LogP contribution in [0, 0.1) is 0 Å². The van der Waals surface area contributed by atoms with Gasteiger partial charge >= 0.3 is 0 Å². The van der Waals surface area contributed by atoms with Crippen molar-refractivity contribution in [2.75, 3.05) is 33.6 Å². The van der Waals surface area contributed by atoms with Gasteiger partial charge in [0.2, 0.25) is 0 Å². The molecular formula is C16H25NO3S. The molecule has 0 saturated carbocycles. The van der Waals surface area contributed by atoms with Crippen molar-refractivity contribution in [2.24, 2.45) is 0 Å². The Morgan fingerprint density at radius 1 is 1.29 bits per heavy atom. The molecule has 1 fully saturated rings. The van der Waals surface area contributed by atoms with Crippen molar-refractivity contribution in [3.63, 3.8) is 0 Å². The standard InChI is InChI=1S/C16H25NO3S/c1-16(6-5-7-20-16)11-17-10-12-8-13(18-2)14(19-3)9-15(12)21-4/h8-9,17H,5-7,10-11H2,1-4H3. The normalized spacial score (nSPS) is 21.5. The summed E-state index contributed by atoms with van der Waals surface area (Å²) in [7, 11) is 3.33. The predicted molar refractivity (Wildman–Crippen MR) is 86.6 cm³/mol. The molecule has 21 heavy (non-hydrogen) atoms. The van der Waals surface area contributed by atoms with Crippen LogP contribution in [0.3, 0.4) is 0 Å². The van der Waals surface area contributed by atoms with E-state index >= 15 is 0 Å². The first-order valence-corrected chi connectivity index (χ1v) is 8.48. The summed E-state index contributed by atoms with van der Waals surface area (Å²) in [5, 5.41) is 3.51. The van der Waals surface area contributed by atoms with E-state index in [1.807, 2.05) is 6.07 Å². The molecular weight excluding hydrogens is 286 g/mol. The molecule has 1 atom stereocenters. The summed E-state index contributed by atoms with van der Waals surface area (Å²) in [5.74, 6) is 1.55. The lowest BCUT2D eigenvalue weighted by Crippen LogP contribution is -2.36. The largest absolute Gasteiger partial charge is 0.493 e. The van der Waals surface area contributed by atoms with Crippen molar-refractivity contribution in [3.05, 3.63) is 17.7 Å². The van der Waals surface area contributed by atoms with Gasteiger partial charge in [0.25, 0.3) is 0 Å². The first-order chi connectivity index (χ1) is 10.1. The highest BCUT2D eigenvalue weighted by atomic mass is 32.2.